The van der Waals surface area contributed by atoms with E-state index in [1.54, 1.807) is 30.3 Å². The van der Waals surface area contributed by atoms with Crippen LogP contribution in [0.1, 0.15) is 10.4 Å². The highest BCUT2D eigenvalue weighted by Crippen LogP contribution is 2.33. The van der Waals surface area contributed by atoms with Gasteiger partial charge in [-0.2, -0.15) is 0 Å². The Bertz CT molecular complexity index is 639. The van der Waals surface area contributed by atoms with Crippen molar-refractivity contribution in [3.63, 3.8) is 0 Å². The summed E-state index contributed by atoms with van der Waals surface area (Å²) in [7, 11) is 1.42. The van der Waals surface area contributed by atoms with E-state index in [1.807, 2.05) is 0 Å². The van der Waals surface area contributed by atoms with E-state index in [1.165, 1.54) is 13.2 Å². The second-order valence-electron chi connectivity index (χ2n) is 3.84. The smallest absolute Gasteiger partial charge is 0.339 e. The summed E-state index contributed by atoms with van der Waals surface area (Å²) in [4.78, 5) is 11.0. The average molecular weight is 297 g/mol. The predicted octanol–water partition coefficient (Wildman–Crippen LogP) is 4.37. The molecule has 0 heterocycles. The van der Waals surface area contributed by atoms with Gasteiger partial charge in [-0.05, 0) is 35.9 Å². The van der Waals surface area contributed by atoms with Gasteiger partial charge in [0.05, 0.1) is 7.11 Å². The molecule has 98 valence electrons. The first kappa shape index (κ1) is 13.7. The van der Waals surface area contributed by atoms with Gasteiger partial charge in [-0.1, -0.05) is 29.3 Å². The Morgan fingerprint density at radius 1 is 1.16 bits per heavy atom. The van der Waals surface area contributed by atoms with Crippen molar-refractivity contribution in [1.82, 2.24) is 0 Å². The van der Waals surface area contributed by atoms with E-state index < -0.39 is 5.97 Å². The molecule has 3 nitrogen and oxygen atoms in total. The maximum atomic E-state index is 11.0. The fourth-order valence-electron chi connectivity index (χ4n) is 1.75. The number of halogens is 2. The van der Waals surface area contributed by atoms with Crippen molar-refractivity contribution < 1.29 is 14.6 Å². The van der Waals surface area contributed by atoms with Crippen LogP contribution in [0.15, 0.2) is 36.4 Å². The molecular weight excluding hydrogens is 287 g/mol. The summed E-state index contributed by atoms with van der Waals surface area (Å²) in [6.07, 6.45) is 0. The van der Waals surface area contributed by atoms with Gasteiger partial charge in [0.2, 0.25) is 0 Å². The van der Waals surface area contributed by atoms with Gasteiger partial charge in [0.15, 0.2) is 0 Å². The van der Waals surface area contributed by atoms with Crippen LogP contribution in [-0.4, -0.2) is 18.2 Å². The number of aromatic carboxylic acids is 1. The van der Waals surface area contributed by atoms with Gasteiger partial charge < -0.3 is 9.84 Å². The zero-order valence-electron chi connectivity index (χ0n) is 9.98. The largest absolute Gasteiger partial charge is 0.496 e. The SMILES string of the molecule is COc1cc(-c2cc(Cl)ccc2Cl)ccc1C(=O)O. The molecule has 2 aromatic rings. The molecule has 19 heavy (non-hydrogen) atoms. The Morgan fingerprint density at radius 3 is 2.53 bits per heavy atom. The fourth-order valence-corrected chi connectivity index (χ4v) is 2.15. The summed E-state index contributed by atoms with van der Waals surface area (Å²) < 4.78 is 5.08. The van der Waals surface area contributed by atoms with Gasteiger partial charge in [0.25, 0.3) is 0 Å². The maximum absolute atomic E-state index is 11.0. The van der Waals surface area contributed by atoms with Gasteiger partial charge in [0.1, 0.15) is 11.3 Å². The molecule has 0 aliphatic heterocycles. The normalized spacial score (nSPS) is 10.3. The summed E-state index contributed by atoms with van der Waals surface area (Å²) in [5, 5.41) is 10.1. The number of hydrogen-bond donors (Lipinski definition) is 1. The number of rotatable bonds is 3. The van der Waals surface area contributed by atoms with Gasteiger partial charge in [-0.15, -0.1) is 0 Å². The lowest BCUT2D eigenvalue weighted by Gasteiger charge is -2.09. The first-order valence-electron chi connectivity index (χ1n) is 5.39. The molecule has 2 aromatic carbocycles. The van der Waals surface area contributed by atoms with E-state index in [2.05, 4.69) is 0 Å². The highest BCUT2D eigenvalue weighted by molar-refractivity contribution is 6.35. The molecule has 0 spiro atoms. The molecule has 0 radical (unpaired) electrons. The van der Waals surface area contributed by atoms with Crippen LogP contribution in [0.5, 0.6) is 5.75 Å². The van der Waals surface area contributed by atoms with Crippen LogP contribution in [0.25, 0.3) is 11.1 Å². The summed E-state index contributed by atoms with van der Waals surface area (Å²) in [6.45, 7) is 0. The number of ether oxygens (including phenoxy) is 1. The lowest BCUT2D eigenvalue weighted by molar-refractivity contribution is 0.0693. The Labute approximate surface area is 120 Å². The first-order valence-corrected chi connectivity index (χ1v) is 6.15. The first-order chi connectivity index (χ1) is 9.02. The number of carboxylic acids is 1. The molecule has 1 N–H and O–H groups in total. The predicted molar refractivity (Wildman–Crippen MR) is 75.4 cm³/mol. The van der Waals surface area contributed by atoms with Crippen LogP contribution in [0, 0.1) is 0 Å². The number of benzene rings is 2. The third kappa shape index (κ3) is 2.83. The molecule has 0 atom stereocenters. The van der Waals surface area contributed by atoms with E-state index in [9.17, 15) is 4.79 Å². The summed E-state index contributed by atoms with van der Waals surface area (Å²) in [5.41, 5.74) is 1.57. The standard InChI is InChI=1S/C14H10Cl2O3/c1-19-13-6-8(2-4-10(13)14(17)18)11-7-9(15)3-5-12(11)16/h2-7H,1H3,(H,17,18). The zero-order valence-corrected chi connectivity index (χ0v) is 11.5. The van der Waals surface area contributed by atoms with Crippen molar-refractivity contribution in [2.45, 2.75) is 0 Å². The fraction of sp³-hybridized carbons (Fsp3) is 0.0714. The highest BCUT2D eigenvalue weighted by Gasteiger charge is 2.13. The van der Waals surface area contributed by atoms with Crippen LogP contribution < -0.4 is 4.74 Å². The average Bonchev–Trinajstić information content (AvgIpc) is 2.40. The van der Waals surface area contributed by atoms with Gasteiger partial charge in [-0.25, -0.2) is 4.79 Å². The van der Waals surface area contributed by atoms with Crippen molar-refractivity contribution in [3.8, 4) is 16.9 Å². The topological polar surface area (TPSA) is 46.5 Å². The zero-order chi connectivity index (χ0) is 14.0. The molecule has 0 aliphatic rings. The molecule has 0 amide bonds. The maximum Gasteiger partial charge on any atom is 0.339 e. The van der Waals surface area contributed by atoms with Gasteiger partial charge >= 0.3 is 5.97 Å². The van der Waals surface area contributed by atoms with Crippen LogP contribution in [-0.2, 0) is 0 Å². The molecule has 0 fully saturated rings. The van der Waals surface area contributed by atoms with Gasteiger partial charge in [-0.3, -0.25) is 0 Å². The van der Waals surface area contributed by atoms with Crippen LogP contribution in [0.3, 0.4) is 0 Å². The summed E-state index contributed by atoms with van der Waals surface area (Å²) in [5.74, 6) is -0.762. The molecule has 0 saturated carbocycles. The van der Waals surface area contributed by atoms with E-state index in [0.29, 0.717) is 10.0 Å². The quantitative estimate of drug-likeness (QED) is 0.915. The van der Waals surface area contributed by atoms with Crippen LogP contribution >= 0.6 is 23.2 Å². The lowest BCUT2D eigenvalue weighted by Crippen LogP contribution is -2.00. The summed E-state index contributed by atoms with van der Waals surface area (Å²) in [6, 6.07) is 9.88. The number of methoxy groups -OCH3 is 1. The highest BCUT2D eigenvalue weighted by atomic mass is 35.5. The molecule has 0 saturated heterocycles. The minimum atomic E-state index is -1.04. The van der Waals surface area contributed by atoms with Crippen LogP contribution in [0.4, 0.5) is 0 Å². The molecule has 2 rings (SSSR count). The monoisotopic (exact) mass is 296 g/mol. The lowest BCUT2D eigenvalue weighted by atomic mass is 10.0. The van der Waals surface area contributed by atoms with Crippen molar-refractivity contribution in [2.24, 2.45) is 0 Å². The van der Waals surface area contributed by atoms with E-state index in [-0.39, 0.29) is 11.3 Å². The van der Waals surface area contributed by atoms with Crippen molar-refractivity contribution in [3.05, 3.63) is 52.0 Å². The molecule has 5 heteroatoms. The minimum Gasteiger partial charge on any atom is -0.496 e. The van der Waals surface area contributed by atoms with Crippen LogP contribution in [0.2, 0.25) is 10.0 Å². The minimum absolute atomic E-state index is 0.101. The number of hydrogen-bond acceptors (Lipinski definition) is 2. The van der Waals surface area contributed by atoms with Crippen molar-refractivity contribution in [1.29, 1.82) is 0 Å². The van der Waals surface area contributed by atoms with E-state index in [4.69, 9.17) is 33.0 Å². The molecule has 0 bridgehead atoms. The molecule has 0 unspecified atom stereocenters. The summed E-state index contributed by atoms with van der Waals surface area (Å²) >= 11 is 12.1. The Kier molecular flexibility index (Phi) is 3.98. The van der Waals surface area contributed by atoms with Gasteiger partial charge in [0, 0.05) is 15.6 Å². The number of carbonyl (C=O) groups is 1. The number of carboxylic acid groups (broad SMARTS) is 1. The van der Waals surface area contributed by atoms with Crippen molar-refractivity contribution in [2.75, 3.05) is 7.11 Å². The second-order valence-corrected chi connectivity index (χ2v) is 4.69. The van der Waals surface area contributed by atoms with E-state index >= 15 is 0 Å². The third-order valence-corrected chi connectivity index (χ3v) is 3.24. The molecule has 0 aromatic heterocycles. The molecular formula is C14H10Cl2O3. The van der Waals surface area contributed by atoms with Crippen molar-refractivity contribution >= 4 is 29.2 Å². The Hall–Kier alpha value is -1.71. The Balaban J connectivity index is 2.57. The third-order valence-electron chi connectivity index (χ3n) is 2.67. The van der Waals surface area contributed by atoms with E-state index in [0.717, 1.165) is 11.1 Å². The Morgan fingerprint density at radius 2 is 1.89 bits per heavy atom. The molecule has 0 aliphatic carbocycles. The second kappa shape index (κ2) is 5.51.